The molecular formula is C37H34P2. The lowest BCUT2D eigenvalue weighted by Gasteiger charge is -2.31. The second-order valence-corrected chi connectivity index (χ2v) is 14.8. The van der Waals surface area contributed by atoms with Crippen LogP contribution >= 0.6 is 15.8 Å². The fourth-order valence-corrected chi connectivity index (χ4v) is 11.2. The first-order valence-electron chi connectivity index (χ1n) is 13.9. The van der Waals surface area contributed by atoms with E-state index in [0.29, 0.717) is 5.66 Å². The fraction of sp³-hybridized carbons (Fsp3) is 0.135. The summed E-state index contributed by atoms with van der Waals surface area (Å²) in [4.78, 5) is 0. The van der Waals surface area contributed by atoms with Gasteiger partial charge < -0.3 is 0 Å². The molecule has 0 saturated heterocycles. The second kappa shape index (κ2) is 12.7. The topological polar surface area (TPSA) is 0 Å². The summed E-state index contributed by atoms with van der Waals surface area (Å²) in [6.07, 6.45) is 9.60. The van der Waals surface area contributed by atoms with Gasteiger partial charge in [0.2, 0.25) is 0 Å². The molecule has 0 aromatic heterocycles. The van der Waals surface area contributed by atoms with Gasteiger partial charge in [-0.15, -0.1) is 0 Å². The van der Waals surface area contributed by atoms with Crippen molar-refractivity contribution in [3.8, 4) is 0 Å². The third kappa shape index (κ3) is 5.99. The molecule has 0 fully saturated rings. The Morgan fingerprint density at radius 2 is 0.821 bits per heavy atom. The Bertz CT molecular complexity index is 1420. The normalized spacial score (nSPS) is 13.5. The molecule has 2 heteroatoms. The maximum atomic E-state index is 2.37. The number of rotatable bonds is 9. The van der Waals surface area contributed by atoms with Crippen LogP contribution in [0.15, 0.2) is 140 Å². The van der Waals surface area contributed by atoms with Gasteiger partial charge in [0.15, 0.2) is 0 Å². The van der Waals surface area contributed by atoms with Crippen LogP contribution in [-0.4, -0.2) is 12.3 Å². The average molecular weight is 541 g/mol. The largest absolute Gasteiger partial charge is 0.0631 e. The maximum absolute atomic E-state index is 2.37. The van der Waals surface area contributed by atoms with Crippen LogP contribution in [0.3, 0.4) is 0 Å². The van der Waals surface area contributed by atoms with Crippen molar-refractivity contribution in [3.05, 3.63) is 162 Å². The first-order chi connectivity index (χ1) is 19.4. The van der Waals surface area contributed by atoms with Gasteiger partial charge in [0.25, 0.3) is 0 Å². The van der Waals surface area contributed by atoms with Crippen LogP contribution < -0.4 is 15.9 Å². The molecule has 1 atom stereocenters. The molecule has 0 bridgehead atoms. The van der Waals surface area contributed by atoms with Gasteiger partial charge in [0.05, 0.1) is 0 Å². The predicted octanol–water partition coefficient (Wildman–Crippen LogP) is 8.98. The summed E-state index contributed by atoms with van der Waals surface area (Å²) in [6, 6.07) is 51.8. The fourth-order valence-electron chi connectivity index (χ4n) is 5.71. The Kier molecular flexibility index (Phi) is 8.45. The highest BCUT2D eigenvalue weighted by Gasteiger charge is 2.29. The van der Waals surface area contributed by atoms with E-state index in [1.165, 1.54) is 63.3 Å². The summed E-state index contributed by atoms with van der Waals surface area (Å²) in [6.45, 7) is 0. The zero-order valence-corrected chi connectivity index (χ0v) is 24.0. The van der Waals surface area contributed by atoms with E-state index in [-0.39, 0.29) is 7.92 Å². The molecule has 5 aromatic carbocycles. The van der Waals surface area contributed by atoms with E-state index in [1.54, 1.807) is 0 Å². The molecular weight excluding hydrogens is 506 g/mol. The molecule has 0 aliphatic heterocycles. The highest BCUT2D eigenvalue weighted by Crippen LogP contribution is 2.57. The minimum atomic E-state index is -0.436. The van der Waals surface area contributed by atoms with E-state index in [0.717, 1.165) is 0 Å². The SMILES string of the molecule is C1=Cc2ccccc2C(P(CCCCP(c2ccccc2)c2ccccc2)c2ccccc2)c2ccccc21. The van der Waals surface area contributed by atoms with Crippen LogP contribution in [0.25, 0.3) is 12.2 Å². The lowest BCUT2D eigenvalue weighted by molar-refractivity contribution is 0.895. The Morgan fingerprint density at radius 1 is 0.410 bits per heavy atom. The predicted molar refractivity (Wildman–Crippen MR) is 175 cm³/mol. The molecule has 0 amide bonds. The molecule has 0 saturated carbocycles. The molecule has 39 heavy (non-hydrogen) atoms. The van der Waals surface area contributed by atoms with Crippen LogP contribution in [0.4, 0.5) is 0 Å². The number of fused-ring (bicyclic) bond motifs is 2. The van der Waals surface area contributed by atoms with Crippen LogP contribution in [0.2, 0.25) is 0 Å². The van der Waals surface area contributed by atoms with E-state index >= 15 is 0 Å². The lowest BCUT2D eigenvalue weighted by atomic mass is 9.99. The molecule has 0 spiro atoms. The summed E-state index contributed by atoms with van der Waals surface area (Å²) in [5.74, 6) is 0. The zero-order valence-electron chi connectivity index (χ0n) is 22.2. The van der Waals surface area contributed by atoms with Crippen molar-refractivity contribution in [2.75, 3.05) is 12.3 Å². The quantitative estimate of drug-likeness (QED) is 0.129. The first-order valence-corrected chi connectivity index (χ1v) is 17.1. The third-order valence-corrected chi connectivity index (χ3v) is 13.1. The minimum Gasteiger partial charge on any atom is -0.0631 e. The summed E-state index contributed by atoms with van der Waals surface area (Å²) < 4.78 is 0. The summed E-state index contributed by atoms with van der Waals surface area (Å²) in [5.41, 5.74) is 6.07. The average Bonchev–Trinajstić information content (AvgIpc) is 3.17. The Balaban J connectivity index is 1.29. The Hall–Kier alpha value is -3.30. The van der Waals surface area contributed by atoms with E-state index < -0.39 is 7.92 Å². The molecule has 0 radical (unpaired) electrons. The Morgan fingerprint density at radius 3 is 1.33 bits per heavy atom. The maximum Gasteiger partial charge on any atom is 0.0344 e. The van der Waals surface area contributed by atoms with Crippen molar-refractivity contribution in [1.82, 2.24) is 0 Å². The monoisotopic (exact) mass is 540 g/mol. The smallest absolute Gasteiger partial charge is 0.0344 e. The second-order valence-electron chi connectivity index (χ2n) is 10.1. The van der Waals surface area contributed by atoms with Crippen molar-refractivity contribution in [3.63, 3.8) is 0 Å². The first kappa shape index (κ1) is 26.0. The van der Waals surface area contributed by atoms with Crippen molar-refractivity contribution in [2.24, 2.45) is 0 Å². The van der Waals surface area contributed by atoms with Gasteiger partial charge in [-0.2, -0.15) is 0 Å². The molecule has 192 valence electrons. The third-order valence-electron chi connectivity index (χ3n) is 7.59. The van der Waals surface area contributed by atoms with Crippen molar-refractivity contribution in [1.29, 1.82) is 0 Å². The zero-order chi connectivity index (χ0) is 26.3. The number of hydrogen-bond acceptors (Lipinski definition) is 0. The lowest BCUT2D eigenvalue weighted by Crippen LogP contribution is -2.15. The highest BCUT2D eigenvalue weighted by molar-refractivity contribution is 7.73. The molecule has 5 aromatic rings. The van der Waals surface area contributed by atoms with Crippen LogP contribution in [0, 0.1) is 0 Å². The highest BCUT2D eigenvalue weighted by atomic mass is 31.1. The summed E-state index contributed by atoms with van der Waals surface area (Å²) in [7, 11) is -0.778. The van der Waals surface area contributed by atoms with E-state index in [9.17, 15) is 0 Å². The molecule has 0 heterocycles. The standard InChI is InChI=1S/C37H34P2/c1-4-18-32(19-5-1)38(33-20-6-2-7-21-33)28-14-15-29-39(34-22-8-3-9-23-34)37-35-24-12-10-16-30(35)26-27-31-17-11-13-25-36(31)37/h1-13,16-27,37H,14-15,28-29H2. The van der Waals surface area contributed by atoms with Gasteiger partial charge in [-0.05, 0) is 71.3 Å². The molecule has 0 N–H and O–H groups in total. The van der Waals surface area contributed by atoms with Gasteiger partial charge in [0.1, 0.15) is 0 Å². The molecule has 0 nitrogen and oxygen atoms in total. The van der Waals surface area contributed by atoms with Gasteiger partial charge >= 0.3 is 0 Å². The molecule has 1 aliphatic rings. The van der Waals surface area contributed by atoms with Crippen molar-refractivity contribution >= 4 is 43.9 Å². The van der Waals surface area contributed by atoms with Gasteiger partial charge in [0, 0.05) is 5.66 Å². The van der Waals surface area contributed by atoms with E-state index in [1.807, 2.05) is 0 Å². The molecule has 1 unspecified atom stereocenters. The van der Waals surface area contributed by atoms with Crippen LogP contribution in [0.5, 0.6) is 0 Å². The van der Waals surface area contributed by atoms with Crippen LogP contribution in [-0.2, 0) is 0 Å². The summed E-state index contributed by atoms with van der Waals surface area (Å²) in [5, 5.41) is 4.49. The van der Waals surface area contributed by atoms with Gasteiger partial charge in [-0.3, -0.25) is 0 Å². The minimum absolute atomic E-state index is 0.342. The van der Waals surface area contributed by atoms with Gasteiger partial charge in [-0.1, -0.05) is 160 Å². The van der Waals surface area contributed by atoms with Gasteiger partial charge in [-0.25, -0.2) is 0 Å². The number of unbranched alkanes of at least 4 members (excludes halogenated alkanes) is 1. The van der Waals surface area contributed by atoms with Crippen LogP contribution in [0.1, 0.15) is 40.8 Å². The van der Waals surface area contributed by atoms with Crippen molar-refractivity contribution in [2.45, 2.75) is 18.5 Å². The number of benzene rings is 5. The Labute approximate surface area is 236 Å². The molecule has 1 aliphatic carbocycles. The summed E-state index contributed by atoms with van der Waals surface area (Å²) >= 11 is 0. The van der Waals surface area contributed by atoms with E-state index in [4.69, 9.17) is 0 Å². The van der Waals surface area contributed by atoms with Crippen molar-refractivity contribution < 1.29 is 0 Å². The van der Waals surface area contributed by atoms with E-state index in [2.05, 4.69) is 152 Å². The molecule has 6 rings (SSSR count). The number of hydrogen-bond donors (Lipinski definition) is 0.